The lowest BCUT2D eigenvalue weighted by atomic mass is 9.82. The molecule has 0 radical (unpaired) electrons. The van der Waals surface area contributed by atoms with Crippen LogP contribution in [-0.2, 0) is 19.0 Å². The van der Waals surface area contributed by atoms with Gasteiger partial charge < -0.3 is 20.9 Å². The topological polar surface area (TPSA) is 74.5 Å². The molecule has 0 saturated heterocycles. The third-order valence-electron chi connectivity index (χ3n) is 11.2. The number of para-hydroxylation sites is 1. The fraction of sp³-hybridized carbons (Fsp3) is 0.463. The number of likely N-dealkylation sites (N-methyl/N-ethyl adjacent to an activating group) is 2. The number of nitrogens with two attached hydrogens (primary N) is 1. The normalized spacial score (nSPS) is 18.1. The Labute approximate surface area is 295 Å². The predicted octanol–water partition coefficient (Wildman–Crippen LogP) is 7.90. The van der Waals surface area contributed by atoms with Crippen LogP contribution < -0.4 is 11.1 Å². The van der Waals surface area contributed by atoms with Gasteiger partial charge in [-0.15, -0.1) is 0 Å². The van der Waals surface area contributed by atoms with Crippen molar-refractivity contribution in [3.63, 3.8) is 0 Å². The number of hydrogen-bond donors (Lipinski definition) is 2. The van der Waals surface area contributed by atoms with Crippen LogP contribution in [0.5, 0.6) is 0 Å². The van der Waals surface area contributed by atoms with Gasteiger partial charge in [0, 0.05) is 22.5 Å². The second kappa shape index (κ2) is 16.0. The molecule has 2 unspecified atom stereocenters. The second-order valence-electron chi connectivity index (χ2n) is 14.5. The van der Waals surface area contributed by atoms with Crippen LogP contribution in [0, 0.1) is 0 Å². The van der Waals surface area contributed by atoms with Gasteiger partial charge in [-0.05, 0) is 90.0 Å². The molecule has 1 aromatic heterocycles. The Bertz CT molecular complexity index is 1680. The lowest BCUT2D eigenvalue weighted by Gasteiger charge is -2.44. The van der Waals surface area contributed by atoms with Crippen molar-refractivity contribution >= 4 is 16.8 Å². The zero-order valence-electron chi connectivity index (χ0n) is 29.8. The Morgan fingerprint density at radius 3 is 1.76 bits per heavy atom. The minimum absolute atomic E-state index is 0.00195. The van der Waals surface area contributed by atoms with E-state index in [1.54, 1.807) is 18.2 Å². The summed E-state index contributed by atoms with van der Waals surface area (Å²) < 4.78 is 40.6. The van der Waals surface area contributed by atoms with E-state index in [1.165, 1.54) is 37.3 Å². The number of rotatable bonds is 10. The second-order valence-corrected chi connectivity index (χ2v) is 14.5. The Morgan fingerprint density at radius 1 is 0.760 bits per heavy atom. The maximum absolute atomic E-state index is 13.5. The zero-order valence-corrected chi connectivity index (χ0v) is 29.8. The highest BCUT2D eigenvalue weighted by atomic mass is 19.4. The molecule has 0 bridgehead atoms. The number of benzene rings is 3. The highest BCUT2D eigenvalue weighted by Gasteiger charge is 2.44. The summed E-state index contributed by atoms with van der Waals surface area (Å²) in [5.41, 5.74) is 7.98. The van der Waals surface area contributed by atoms with Crippen LogP contribution in [-0.4, -0.2) is 72.0 Å². The standard InChI is InChI=1S/C26H28F3N3O.C15H24N2/c1-32(2)25(14-8-9-15-25)22(16-18-10-4-3-5-11-18)31-24(33)20-17-23(26(27,28)29)30-21-13-7-6-12-19(20)21;1-17(2)15(10-6-7-11-15)14(16)12-13-8-4-3-5-9-13/h3-7,10-13,17,22H,8-9,14-16H2,1-2H3,(H,31,33);3-5,8-9,14H,6-7,10-12,16H2,1-2H3. The van der Waals surface area contributed by atoms with E-state index < -0.39 is 17.8 Å². The monoisotopic (exact) mass is 687 g/mol. The molecule has 50 heavy (non-hydrogen) atoms. The van der Waals surface area contributed by atoms with Crippen molar-refractivity contribution in [3.8, 4) is 0 Å². The van der Waals surface area contributed by atoms with Crippen molar-refractivity contribution < 1.29 is 18.0 Å². The molecular weight excluding hydrogens is 635 g/mol. The van der Waals surface area contributed by atoms with Crippen molar-refractivity contribution in [2.24, 2.45) is 5.73 Å². The van der Waals surface area contributed by atoms with Crippen LogP contribution in [0.25, 0.3) is 10.9 Å². The minimum Gasteiger partial charge on any atom is -0.347 e. The van der Waals surface area contributed by atoms with Crippen LogP contribution >= 0.6 is 0 Å². The van der Waals surface area contributed by atoms with E-state index in [1.807, 2.05) is 44.4 Å². The van der Waals surface area contributed by atoms with Crippen molar-refractivity contribution in [1.82, 2.24) is 20.1 Å². The molecule has 3 N–H and O–H groups in total. The molecule has 9 heteroatoms. The summed E-state index contributed by atoms with van der Waals surface area (Å²) >= 11 is 0. The number of alkyl halides is 3. The molecule has 2 atom stereocenters. The number of pyridine rings is 1. The van der Waals surface area contributed by atoms with Crippen LogP contribution in [0.1, 0.15) is 78.5 Å². The molecule has 6 rings (SSSR count). The van der Waals surface area contributed by atoms with Crippen molar-refractivity contribution in [1.29, 1.82) is 0 Å². The first-order valence-corrected chi connectivity index (χ1v) is 17.8. The van der Waals surface area contributed by atoms with E-state index in [4.69, 9.17) is 5.73 Å². The Hall–Kier alpha value is -3.79. The van der Waals surface area contributed by atoms with Gasteiger partial charge in [-0.2, -0.15) is 13.2 Å². The fourth-order valence-corrected chi connectivity index (χ4v) is 8.26. The lowest BCUT2D eigenvalue weighted by molar-refractivity contribution is -0.141. The maximum atomic E-state index is 13.5. The first-order chi connectivity index (χ1) is 23.9. The summed E-state index contributed by atoms with van der Waals surface area (Å²) in [7, 11) is 8.38. The van der Waals surface area contributed by atoms with Crippen LogP contribution in [0.4, 0.5) is 13.2 Å². The van der Waals surface area contributed by atoms with E-state index in [0.29, 0.717) is 11.8 Å². The molecule has 2 saturated carbocycles. The quantitative estimate of drug-likeness (QED) is 0.177. The van der Waals surface area contributed by atoms with E-state index >= 15 is 0 Å². The van der Waals surface area contributed by atoms with E-state index in [0.717, 1.165) is 43.7 Å². The average Bonchev–Trinajstić information content (AvgIpc) is 3.81. The summed E-state index contributed by atoms with van der Waals surface area (Å²) in [4.78, 5) is 21.8. The third-order valence-corrected chi connectivity index (χ3v) is 11.2. The smallest absolute Gasteiger partial charge is 0.347 e. The first kappa shape index (κ1) is 37.5. The molecule has 2 fully saturated rings. The van der Waals surface area contributed by atoms with Crippen LogP contribution in [0.15, 0.2) is 91.0 Å². The lowest BCUT2D eigenvalue weighted by Crippen LogP contribution is -2.59. The molecule has 1 amide bonds. The van der Waals surface area contributed by atoms with Crippen molar-refractivity contribution in [2.75, 3.05) is 28.2 Å². The number of nitrogens with one attached hydrogen (secondary N) is 1. The minimum atomic E-state index is -4.64. The van der Waals surface area contributed by atoms with Gasteiger partial charge in [0.2, 0.25) is 0 Å². The molecule has 3 aromatic carbocycles. The van der Waals surface area contributed by atoms with Crippen LogP contribution in [0.3, 0.4) is 0 Å². The first-order valence-electron chi connectivity index (χ1n) is 17.8. The molecule has 4 aromatic rings. The van der Waals surface area contributed by atoms with E-state index in [-0.39, 0.29) is 34.2 Å². The summed E-state index contributed by atoms with van der Waals surface area (Å²) in [6, 6.07) is 27.8. The number of fused-ring (bicyclic) bond motifs is 1. The number of amides is 1. The number of nitrogens with zero attached hydrogens (tertiary/aromatic N) is 3. The van der Waals surface area contributed by atoms with Gasteiger partial charge in [0.15, 0.2) is 0 Å². The summed E-state index contributed by atoms with van der Waals surface area (Å²) in [6.07, 6.45) is 6.01. The molecule has 0 aliphatic heterocycles. The zero-order chi connectivity index (χ0) is 35.9. The number of carbonyl (C=O) groups excluding carboxylic acids is 1. The van der Waals surface area contributed by atoms with Crippen molar-refractivity contribution in [2.45, 2.75) is 93.5 Å². The Morgan fingerprint density at radius 2 is 1.24 bits per heavy atom. The fourth-order valence-electron chi connectivity index (χ4n) is 8.26. The molecule has 2 aliphatic carbocycles. The number of carbonyl (C=O) groups is 1. The molecule has 6 nitrogen and oxygen atoms in total. The largest absolute Gasteiger partial charge is 0.433 e. The summed E-state index contributed by atoms with van der Waals surface area (Å²) in [6.45, 7) is 0. The highest BCUT2D eigenvalue weighted by molar-refractivity contribution is 6.06. The van der Waals surface area contributed by atoms with Gasteiger partial charge in [0.05, 0.1) is 17.1 Å². The SMILES string of the molecule is CN(C)C1(C(Cc2ccccc2)NC(=O)c2cc(C(F)(F)F)nc3ccccc23)CCCC1.CN(C)C1(C(N)Cc2ccccc2)CCCC1. The van der Waals surface area contributed by atoms with Gasteiger partial charge in [-0.3, -0.25) is 4.79 Å². The van der Waals surface area contributed by atoms with Gasteiger partial charge in [0.25, 0.3) is 5.91 Å². The maximum Gasteiger partial charge on any atom is 0.433 e. The van der Waals surface area contributed by atoms with Gasteiger partial charge in [0.1, 0.15) is 5.69 Å². The number of aromatic nitrogens is 1. The van der Waals surface area contributed by atoms with E-state index in [2.05, 4.69) is 64.5 Å². The predicted molar refractivity (Wildman–Crippen MR) is 196 cm³/mol. The summed E-state index contributed by atoms with van der Waals surface area (Å²) in [5.74, 6) is -0.506. The molecule has 0 spiro atoms. The third kappa shape index (κ3) is 8.39. The molecule has 2 aliphatic rings. The average molecular weight is 688 g/mol. The Kier molecular flexibility index (Phi) is 12.0. The Balaban J connectivity index is 0.000000240. The number of halogens is 3. The number of hydrogen-bond acceptors (Lipinski definition) is 5. The highest BCUT2D eigenvalue weighted by Crippen LogP contribution is 2.39. The van der Waals surface area contributed by atoms with Gasteiger partial charge in [-0.25, -0.2) is 4.98 Å². The van der Waals surface area contributed by atoms with Crippen molar-refractivity contribution in [3.05, 3.63) is 113 Å². The molecule has 268 valence electrons. The molecular formula is C41H52F3N5O. The van der Waals surface area contributed by atoms with Gasteiger partial charge in [-0.1, -0.05) is 105 Å². The van der Waals surface area contributed by atoms with E-state index in [9.17, 15) is 18.0 Å². The van der Waals surface area contributed by atoms with Gasteiger partial charge >= 0.3 is 6.18 Å². The molecule has 1 heterocycles. The van der Waals surface area contributed by atoms with Crippen LogP contribution in [0.2, 0.25) is 0 Å². The summed E-state index contributed by atoms with van der Waals surface area (Å²) in [5, 5.41) is 3.55.